The molecule has 10 nitrogen and oxygen atoms in total. The highest BCUT2D eigenvalue weighted by Gasteiger charge is 2.20. The van der Waals surface area contributed by atoms with Gasteiger partial charge in [-0.3, -0.25) is 20.2 Å². The van der Waals surface area contributed by atoms with E-state index in [2.05, 4.69) is 0 Å². The van der Waals surface area contributed by atoms with E-state index in [1.807, 2.05) is 30.3 Å². The molecule has 0 bridgehead atoms. The number of hydrogen-bond donors (Lipinski definition) is 0. The molecule has 2 aromatic carbocycles. The quantitative estimate of drug-likeness (QED) is 0.154. The van der Waals surface area contributed by atoms with Crippen LogP contribution in [0.15, 0.2) is 54.6 Å². The van der Waals surface area contributed by atoms with Crippen LogP contribution < -0.4 is 0 Å². The summed E-state index contributed by atoms with van der Waals surface area (Å²) in [6.07, 6.45) is 5.68. The molecule has 0 aromatic heterocycles. The number of esters is 2. The van der Waals surface area contributed by atoms with Crippen molar-refractivity contribution in [1.82, 2.24) is 0 Å². The van der Waals surface area contributed by atoms with Gasteiger partial charge in [0.05, 0.1) is 34.7 Å². The molecule has 0 amide bonds. The molecule has 0 heterocycles. The second-order valence-corrected chi connectivity index (χ2v) is 6.71. The molecule has 0 atom stereocenters. The van der Waals surface area contributed by atoms with E-state index in [9.17, 15) is 29.8 Å². The van der Waals surface area contributed by atoms with Gasteiger partial charge in [-0.15, -0.1) is 0 Å². The monoisotopic (exact) mass is 442 g/mol. The van der Waals surface area contributed by atoms with Gasteiger partial charge in [0.2, 0.25) is 0 Å². The van der Waals surface area contributed by atoms with E-state index in [1.54, 1.807) is 6.08 Å². The first-order valence-corrected chi connectivity index (χ1v) is 9.87. The Hall–Kier alpha value is -4.08. The Balaban J connectivity index is 1.63. The summed E-state index contributed by atoms with van der Waals surface area (Å²) < 4.78 is 10.1. The first-order chi connectivity index (χ1) is 15.4. The molecule has 0 aliphatic rings. The Kier molecular flexibility index (Phi) is 9.51. The number of non-ortho nitro benzene ring substituents is 2. The van der Waals surface area contributed by atoms with E-state index < -0.39 is 33.2 Å². The molecule has 0 aliphatic carbocycles. The Morgan fingerprint density at radius 2 is 1.38 bits per heavy atom. The maximum Gasteiger partial charge on any atom is 0.338 e. The van der Waals surface area contributed by atoms with Crippen LogP contribution in [0.5, 0.6) is 0 Å². The number of nitrogens with zero attached hydrogens (tertiary/aromatic N) is 2. The lowest BCUT2D eigenvalue weighted by molar-refractivity contribution is -0.394. The van der Waals surface area contributed by atoms with Crippen molar-refractivity contribution in [3.8, 4) is 0 Å². The molecule has 32 heavy (non-hydrogen) atoms. The number of ether oxygens (including phenoxy) is 2. The smallest absolute Gasteiger partial charge is 0.338 e. The van der Waals surface area contributed by atoms with E-state index in [0.717, 1.165) is 30.2 Å². The van der Waals surface area contributed by atoms with Crippen molar-refractivity contribution < 1.29 is 28.9 Å². The lowest BCUT2D eigenvalue weighted by Crippen LogP contribution is -2.08. The van der Waals surface area contributed by atoms with Gasteiger partial charge in [-0.05, 0) is 37.3 Å². The number of hydrogen-bond acceptors (Lipinski definition) is 8. The standard InChI is InChI=1S/C22H22N2O8/c25-21(11-10-17-8-4-3-5-9-17)31-12-6-1-2-7-13-32-22(26)18-14-19(23(27)28)16-20(15-18)24(29)30/h3-5,8-11,14-16H,1-2,6-7,12-13H2. The highest BCUT2D eigenvalue weighted by Crippen LogP contribution is 2.23. The summed E-state index contributed by atoms with van der Waals surface area (Å²) in [7, 11) is 0. The molecule has 0 N–H and O–H groups in total. The zero-order chi connectivity index (χ0) is 23.3. The third-order valence-corrected chi connectivity index (χ3v) is 4.29. The molecule has 0 radical (unpaired) electrons. The number of nitro benzene ring substituents is 2. The predicted octanol–water partition coefficient (Wildman–Crippen LogP) is 4.48. The number of carbonyl (C=O) groups is 2. The zero-order valence-corrected chi connectivity index (χ0v) is 17.2. The summed E-state index contributed by atoms with van der Waals surface area (Å²) in [4.78, 5) is 43.8. The van der Waals surface area contributed by atoms with Crippen LogP contribution in [0, 0.1) is 20.2 Å². The molecule has 2 aromatic rings. The molecule has 10 heteroatoms. The minimum Gasteiger partial charge on any atom is -0.463 e. The maximum absolute atomic E-state index is 12.0. The van der Waals surface area contributed by atoms with Gasteiger partial charge in [0.15, 0.2) is 0 Å². The third kappa shape index (κ3) is 8.34. The Morgan fingerprint density at radius 1 is 0.812 bits per heavy atom. The van der Waals surface area contributed by atoms with Crippen LogP contribution in [-0.2, 0) is 14.3 Å². The zero-order valence-electron chi connectivity index (χ0n) is 17.2. The molecule has 0 spiro atoms. The summed E-state index contributed by atoms with van der Waals surface area (Å²) in [6.45, 7) is 0.337. The molecular weight excluding hydrogens is 420 g/mol. The fourth-order valence-electron chi connectivity index (χ4n) is 2.68. The van der Waals surface area contributed by atoms with Crippen molar-refractivity contribution in [2.75, 3.05) is 13.2 Å². The fraction of sp³-hybridized carbons (Fsp3) is 0.273. The van der Waals surface area contributed by atoms with Gasteiger partial charge in [-0.2, -0.15) is 0 Å². The summed E-state index contributed by atoms with van der Waals surface area (Å²) in [5.74, 6) is -1.29. The molecule has 168 valence electrons. The highest BCUT2D eigenvalue weighted by atomic mass is 16.6. The van der Waals surface area contributed by atoms with Gasteiger partial charge >= 0.3 is 11.9 Å². The summed E-state index contributed by atoms with van der Waals surface area (Å²) in [5.41, 5.74) is -0.460. The SMILES string of the molecule is O=C(C=Cc1ccccc1)OCCCCCCOC(=O)c1cc([N+](=O)[O-])cc([N+](=O)[O-])c1. The van der Waals surface area contributed by atoms with Gasteiger partial charge in [-0.1, -0.05) is 30.3 Å². The van der Waals surface area contributed by atoms with Crippen molar-refractivity contribution in [2.45, 2.75) is 25.7 Å². The Labute approximate surface area is 183 Å². The molecular formula is C22H22N2O8. The number of rotatable bonds is 12. The summed E-state index contributed by atoms with van der Waals surface area (Å²) in [5, 5.41) is 21.8. The van der Waals surface area contributed by atoms with Crippen molar-refractivity contribution >= 4 is 29.4 Å². The lowest BCUT2D eigenvalue weighted by atomic mass is 10.1. The van der Waals surface area contributed by atoms with Crippen LogP contribution >= 0.6 is 0 Å². The van der Waals surface area contributed by atoms with E-state index in [-0.39, 0.29) is 18.8 Å². The normalized spacial score (nSPS) is 10.6. The van der Waals surface area contributed by atoms with Crippen LogP contribution in [0.1, 0.15) is 41.6 Å². The molecule has 0 unspecified atom stereocenters. The number of nitro groups is 2. The van der Waals surface area contributed by atoms with E-state index in [0.29, 0.717) is 19.3 Å². The highest BCUT2D eigenvalue weighted by molar-refractivity contribution is 5.91. The van der Waals surface area contributed by atoms with Gasteiger partial charge in [0.25, 0.3) is 11.4 Å². The third-order valence-electron chi connectivity index (χ3n) is 4.29. The van der Waals surface area contributed by atoms with Crippen molar-refractivity contribution in [2.24, 2.45) is 0 Å². The van der Waals surface area contributed by atoms with Crippen LogP contribution in [0.4, 0.5) is 11.4 Å². The topological polar surface area (TPSA) is 139 Å². The first kappa shape index (κ1) is 24.2. The molecule has 0 saturated carbocycles. The number of benzene rings is 2. The van der Waals surface area contributed by atoms with E-state index in [1.165, 1.54) is 6.08 Å². The summed E-state index contributed by atoms with van der Waals surface area (Å²) in [6, 6.07) is 12.0. The lowest BCUT2D eigenvalue weighted by Gasteiger charge is -2.05. The first-order valence-electron chi connectivity index (χ1n) is 9.87. The van der Waals surface area contributed by atoms with Gasteiger partial charge in [0.1, 0.15) is 0 Å². The minimum absolute atomic E-state index is 0.0644. The van der Waals surface area contributed by atoms with Gasteiger partial charge in [-0.25, -0.2) is 9.59 Å². The van der Waals surface area contributed by atoms with Crippen molar-refractivity contribution in [1.29, 1.82) is 0 Å². The Bertz CT molecular complexity index is 956. The molecule has 0 saturated heterocycles. The van der Waals surface area contributed by atoms with Gasteiger partial charge in [0, 0.05) is 18.2 Å². The molecule has 0 aliphatic heterocycles. The van der Waals surface area contributed by atoms with Crippen molar-refractivity contribution in [3.63, 3.8) is 0 Å². The molecule has 0 fully saturated rings. The van der Waals surface area contributed by atoms with Crippen LogP contribution in [0.2, 0.25) is 0 Å². The average Bonchev–Trinajstić information content (AvgIpc) is 2.79. The summed E-state index contributed by atoms with van der Waals surface area (Å²) >= 11 is 0. The average molecular weight is 442 g/mol. The van der Waals surface area contributed by atoms with Crippen LogP contribution in [-0.4, -0.2) is 35.0 Å². The number of unbranched alkanes of at least 4 members (excludes halogenated alkanes) is 3. The second-order valence-electron chi connectivity index (χ2n) is 6.71. The van der Waals surface area contributed by atoms with Crippen molar-refractivity contribution in [3.05, 3.63) is 86.0 Å². The largest absolute Gasteiger partial charge is 0.463 e. The van der Waals surface area contributed by atoms with Gasteiger partial charge < -0.3 is 9.47 Å². The number of carbonyl (C=O) groups excluding carboxylic acids is 2. The van der Waals surface area contributed by atoms with Crippen LogP contribution in [0.3, 0.4) is 0 Å². The fourth-order valence-corrected chi connectivity index (χ4v) is 2.68. The maximum atomic E-state index is 12.0. The molecule has 2 rings (SSSR count). The Morgan fingerprint density at radius 3 is 1.94 bits per heavy atom. The predicted molar refractivity (Wildman–Crippen MR) is 115 cm³/mol. The van der Waals surface area contributed by atoms with Crippen LogP contribution in [0.25, 0.3) is 6.08 Å². The van der Waals surface area contributed by atoms with E-state index >= 15 is 0 Å². The van der Waals surface area contributed by atoms with E-state index in [4.69, 9.17) is 9.47 Å². The minimum atomic E-state index is -0.865. The second kappa shape index (κ2) is 12.6.